The Hall–Kier alpha value is -1.13. The third-order valence-electron chi connectivity index (χ3n) is 0. The maximum Gasteiger partial charge on any atom is 3.00 e. The Morgan fingerprint density at radius 1 is 0.533 bits per heavy atom. The molecule has 0 heterocycles. The first-order valence-corrected chi connectivity index (χ1v) is 1.64. The van der Waals surface area contributed by atoms with E-state index in [1.807, 2.05) is 0 Å². The molecule has 15 heteroatoms. The van der Waals surface area contributed by atoms with E-state index in [-0.39, 0.29) is 51.8 Å². The monoisotopic (exact) mass is 364 g/mol. The molecule has 0 aromatic carbocycles. The standard InChI is InChI=1S/3NO3.Nd.2H2O/c3*2-1(3)4;;;/h;;;;2*1H2/q3*-1;+3;;. The number of hydrogen-bond acceptors (Lipinski definition) is 9. The van der Waals surface area contributed by atoms with Crippen molar-refractivity contribution in [1.29, 1.82) is 0 Å². The summed E-state index contributed by atoms with van der Waals surface area (Å²) in [7, 11) is 0. The number of rotatable bonds is 0. The van der Waals surface area contributed by atoms with Crippen LogP contribution >= 0.6 is 0 Å². The largest absolute Gasteiger partial charge is 3.00 e. The van der Waals surface area contributed by atoms with Crippen LogP contribution in [0.15, 0.2) is 0 Å². The second kappa shape index (κ2) is 29.3. The summed E-state index contributed by atoms with van der Waals surface area (Å²) < 4.78 is 0. The van der Waals surface area contributed by atoms with Crippen LogP contribution in [-0.4, -0.2) is 26.2 Å². The van der Waals surface area contributed by atoms with Crippen LogP contribution in [0, 0.1) is 86.8 Å². The summed E-state index contributed by atoms with van der Waals surface area (Å²) in [6.45, 7) is 0. The molecule has 0 unspecified atom stereocenters. The zero-order chi connectivity index (χ0) is 10.7. The summed E-state index contributed by atoms with van der Waals surface area (Å²) >= 11 is 0. The van der Waals surface area contributed by atoms with E-state index >= 15 is 0 Å². The Labute approximate surface area is 113 Å². The summed E-state index contributed by atoms with van der Waals surface area (Å²) in [5.74, 6) is 0. The fraction of sp³-hybridized carbons (Fsp3) is 0. The predicted molar refractivity (Wildman–Crippen MR) is 38.3 cm³/mol. The van der Waals surface area contributed by atoms with Gasteiger partial charge in [0.25, 0.3) is 0 Å². The summed E-state index contributed by atoms with van der Waals surface area (Å²) in [6.07, 6.45) is 0. The van der Waals surface area contributed by atoms with Crippen LogP contribution in [0.3, 0.4) is 0 Å². The van der Waals surface area contributed by atoms with E-state index in [2.05, 4.69) is 0 Å². The van der Waals surface area contributed by atoms with Crippen molar-refractivity contribution < 1.29 is 67.1 Å². The Morgan fingerprint density at radius 3 is 0.533 bits per heavy atom. The van der Waals surface area contributed by atoms with Gasteiger partial charge in [0.2, 0.25) is 0 Å². The molecule has 0 rings (SSSR count). The first-order valence-electron chi connectivity index (χ1n) is 1.64. The molecular weight excluding hydrogens is 362 g/mol. The van der Waals surface area contributed by atoms with Crippen molar-refractivity contribution >= 4 is 0 Å². The molecule has 4 N–H and O–H groups in total. The molecule has 0 aromatic heterocycles. The smallest absolute Gasteiger partial charge is 0.412 e. The summed E-state index contributed by atoms with van der Waals surface area (Å²) in [4.78, 5) is 24.8. The third kappa shape index (κ3) is 1190. The molecular formula is H4N3NdO11. The minimum Gasteiger partial charge on any atom is -0.412 e. The van der Waals surface area contributed by atoms with Crippen molar-refractivity contribution in [2.24, 2.45) is 0 Å². The molecule has 0 aliphatic heterocycles. The second-order valence-corrected chi connectivity index (χ2v) is 0.671. The Kier molecular flexibility index (Phi) is 72.4. The van der Waals surface area contributed by atoms with E-state index in [4.69, 9.17) is 46.0 Å². The van der Waals surface area contributed by atoms with Crippen molar-refractivity contribution in [3.8, 4) is 0 Å². The molecule has 0 aromatic rings. The molecule has 0 aliphatic rings. The summed E-state index contributed by atoms with van der Waals surface area (Å²) in [5, 5.41) is 44.2. The van der Waals surface area contributed by atoms with Gasteiger partial charge < -0.3 is 56.9 Å². The average Bonchev–Trinajstić information content (AvgIpc) is 1.54. The summed E-state index contributed by atoms with van der Waals surface area (Å²) in [5.41, 5.74) is 0. The SMILES string of the molecule is O.O.O=[N+]([O-])[O-].O=[N+]([O-])[O-].O=[N+]([O-])[O-].[Nd+3]. The topological polar surface area (TPSA) is 262 Å². The van der Waals surface area contributed by atoms with Crippen LogP contribution in [0.1, 0.15) is 0 Å². The molecule has 0 spiro atoms. The average molecular weight is 366 g/mol. The van der Waals surface area contributed by atoms with Gasteiger partial charge in [-0.15, -0.1) is 0 Å². The molecule has 0 saturated heterocycles. The molecule has 89 valence electrons. The van der Waals surface area contributed by atoms with Gasteiger partial charge in [-0.2, -0.15) is 0 Å². The fourth-order valence-electron chi connectivity index (χ4n) is 0. The van der Waals surface area contributed by atoms with E-state index in [1.54, 1.807) is 0 Å². The van der Waals surface area contributed by atoms with Crippen molar-refractivity contribution in [2.75, 3.05) is 0 Å². The van der Waals surface area contributed by atoms with Gasteiger partial charge in [0.15, 0.2) is 0 Å². The van der Waals surface area contributed by atoms with Crippen LogP contribution in [0.4, 0.5) is 0 Å². The maximum absolute atomic E-state index is 8.25. The van der Waals surface area contributed by atoms with Gasteiger partial charge in [0, 0.05) is 0 Å². The normalized spacial score (nSPS) is 4.80. The van der Waals surface area contributed by atoms with Crippen molar-refractivity contribution in [3.63, 3.8) is 0 Å². The molecule has 0 saturated carbocycles. The molecule has 0 fully saturated rings. The van der Waals surface area contributed by atoms with Crippen LogP contribution in [0.25, 0.3) is 0 Å². The Morgan fingerprint density at radius 2 is 0.533 bits per heavy atom. The number of hydrogen-bond donors (Lipinski definition) is 0. The quantitative estimate of drug-likeness (QED) is 0.327. The van der Waals surface area contributed by atoms with Crippen LogP contribution in [-0.2, 0) is 0 Å². The van der Waals surface area contributed by atoms with Gasteiger partial charge in [-0.05, 0) is 0 Å². The van der Waals surface area contributed by atoms with Crippen molar-refractivity contribution in [1.82, 2.24) is 0 Å². The minimum atomic E-state index is -1.75. The predicted octanol–water partition coefficient (Wildman–Crippen LogP) is -2.37. The van der Waals surface area contributed by atoms with Crippen LogP contribution < -0.4 is 0 Å². The van der Waals surface area contributed by atoms with Gasteiger partial charge in [0.05, 0.1) is 15.3 Å². The molecule has 0 atom stereocenters. The van der Waals surface area contributed by atoms with Crippen molar-refractivity contribution in [3.05, 3.63) is 46.0 Å². The van der Waals surface area contributed by atoms with E-state index in [9.17, 15) is 0 Å². The van der Waals surface area contributed by atoms with Gasteiger partial charge in [-0.1, -0.05) is 0 Å². The molecule has 1 radical (unpaired) electrons. The van der Waals surface area contributed by atoms with Crippen LogP contribution in [0.5, 0.6) is 0 Å². The second-order valence-electron chi connectivity index (χ2n) is 0.671. The van der Waals surface area contributed by atoms with E-state index in [0.717, 1.165) is 0 Å². The first-order chi connectivity index (χ1) is 5.20. The van der Waals surface area contributed by atoms with Crippen LogP contribution in [0.2, 0.25) is 0 Å². The Balaban J connectivity index is -0.0000000184. The zero-order valence-electron chi connectivity index (χ0n) is 6.52. The van der Waals surface area contributed by atoms with Gasteiger partial charge >= 0.3 is 40.8 Å². The maximum atomic E-state index is 8.25. The molecule has 15 heavy (non-hydrogen) atoms. The van der Waals surface area contributed by atoms with E-state index in [1.165, 1.54) is 0 Å². The minimum absolute atomic E-state index is 0. The number of nitrogens with zero attached hydrogens (tertiary/aromatic N) is 3. The first kappa shape index (κ1) is 37.1. The molecule has 14 nitrogen and oxygen atoms in total. The molecule has 0 aliphatic carbocycles. The molecule has 0 bridgehead atoms. The van der Waals surface area contributed by atoms with Gasteiger partial charge in [0.1, 0.15) is 0 Å². The fourth-order valence-corrected chi connectivity index (χ4v) is 0. The van der Waals surface area contributed by atoms with Gasteiger partial charge in [-0.25, -0.2) is 0 Å². The van der Waals surface area contributed by atoms with Crippen molar-refractivity contribution in [2.45, 2.75) is 0 Å². The molecule has 0 amide bonds. The Bertz CT molecular complexity index is 113. The zero-order valence-corrected chi connectivity index (χ0v) is 9.72. The third-order valence-corrected chi connectivity index (χ3v) is 0. The van der Waals surface area contributed by atoms with E-state index in [0.29, 0.717) is 0 Å². The van der Waals surface area contributed by atoms with Gasteiger partial charge in [-0.3, -0.25) is 0 Å². The van der Waals surface area contributed by atoms with E-state index < -0.39 is 15.3 Å². The summed E-state index contributed by atoms with van der Waals surface area (Å²) in [6, 6.07) is 0.